The van der Waals surface area contributed by atoms with Crippen LogP contribution in [-0.4, -0.2) is 81.2 Å². The first-order chi connectivity index (χ1) is 15.0. The Bertz CT molecular complexity index is 1120. The highest BCUT2D eigenvalue weighted by atomic mass is 32.1. The summed E-state index contributed by atoms with van der Waals surface area (Å²) >= 11 is 1.90. The molecule has 3 aliphatic heterocycles. The monoisotopic (exact) mass is 436 g/mol. The van der Waals surface area contributed by atoms with E-state index in [0.717, 1.165) is 58.1 Å². The molecule has 164 valence electrons. The normalized spacial score (nSPS) is 19.1. The summed E-state index contributed by atoms with van der Waals surface area (Å²) in [5.41, 5.74) is 5.02. The van der Waals surface area contributed by atoms with Crippen LogP contribution < -0.4 is 14.8 Å². The Balaban J connectivity index is 1.62. The average molecular weight is 437 g/mol. The molecule has 1 aliphatic carbocycles. The highest BCUT2D eigenvalue weighted by Crippen LogP contribution is 2.36. The van der Waals surface area contributed by atoms with E-state index in [1.54, 1.807) is 0 Å². The van der Waals surface area contributed by atoms with Gasteiger partial charge in [-0.15, -0.1) is 11.3 Å². The van der Waals surface area contributed by atoms with E-state index in [1.165, 1.54) is 31.7 Å². The summed E-state index contributed by atoms with van der Waals surface area (Å²) in [7, 11) is 4.42. The van der Waals surface area contributed by atoms with Crippen molar-refractivity contribution in [2.24, 2.45) is 0 Å². The lowest BCUT2D eigenvalue weighted by Gasteiger charge is -2.34. The Hall–Kier alpha value is -2.02. The van der Waals surface area contributed by atoms with Gasteiger partial charge in [0.25, 0.3) is 0 Å². The molecule has 0 spiro atoms. The van der Waals surface area contributed by atoms with Gasteiger partial charge in [0, 0.05) is 44.0 Å². The fourth-order valence-electron chi connectivity index (χ4n) is 4.68. The van der Waals surface area contributed by atoms with E-state index >= 15 is 0 Å². The van der Waals surface area contributed by atoms with Gasteiger partial charge in [-0.05, 0) is 43.8 Å². The van der Waals surface area contributed by atoms with Gasteiger partial charge in [0.15, 0.2) is 13.1 Å². The molecular formula is C25H34N5S+. The second kappa shape index (κ2) is 8.49. The predicted molar refractivity (Wildman–Crippen MR) is 133 cm³/mol. The topological polar surface area (TPSA) is 25.6 Å². The SMILES string of the molecule is CC(C)c1cc(N2CCN(C)CC2)cc2sc3cc(=[N+]4CCN(C)CC4)ccc-3nc12. The Labute approximate surface area is 189 Å². The zero-order valence-corrected chi connectivity index (χ0v) is 20.1. The van der Waals surface area contributed by atoms with Crippen LogP contribution in [0, 0.1) is 0 Å². The smallest absolute Gasteiger partial charge is 0.201 e. The van der Waals surface area contributed by atoms with Crippen molar-refractivity contribution < 1.29 is 0 Å². The third-order valence-electron chi connectivity index (χ3n) is 6.84. The number of likely N-dealkylation sites (N-methyl/N-ethyl adjacent to an activating group) is 2. The van der Waals surface area contributed by atoms with Gasteiger partial charge in [-0.3, -0.25) is 4.90 Å². The van der Waals surface area contributed by atoms with E-state index < -0.39 is 0 Å². The number of benzene rings is 2. The minimum atomic E-state index is 0.455. The fourth-order valence-corrected chi connectivity index (χ4v) is 5.75. The lowest BCUT2D eigenvalue weighted by atomic mass is 10.0. The van der Waals surface area contributed by atoms with Crippen LogP contribution >= 0.6 is 11.3 Å². The molecule has 0 radical (unpaired) electrons. The van der Waals surface area contributed by atoms with Crippen molar-refractivity contribution in [3.8, 4) is 10.6 Å². The van der Waals surface area contributed by atoms with Crippen LogP contribution in [0.5, 0.6) is 0 Å². The van der Waals surface area contributed by atoms with Crippen LogP contribution in [0.25, 0.3) is 20.8 Å². The Morgan fingerprint density at radius 1 is 0.903 bits per heavy atom. The Kier molecular flexibility index (Phi) is 5.71. The summed E-state index contributed by atoms with van der Waals surface area (Å²) in [5, 5.41) is 1.33. The minimum Gasteiger partial charge on any atom is -0.369 e. The number of rotatable bonds is 2. The van der Waals surface area contributed by atoms with Gasteiger partial charge >= 0.3 is 0 Å². The molecule has 0 unspecified atom stereocenters. The van der Waals surface area contributed by atoms with Crippen molar-refractivity contribution in [3.63, 3.8) is 0 Å². The molecule has 0 aromatic heterocycles. The standard InChI is InChI=1S/C25H34N5S/c1-18(2)21-15-20(30-13-9-28(4)10-14-30)17-24-25(21)26-22-6-5-19(16-23(22)31-24)29-11-7-27(3)8-12-29/h5-6,15-18H,7-14H2,1-4H3/q+1. The molecule has 3 heterocycles. The van der Waals surface area contributed by atoms with Crippen LogP contribution in [0.15, 0.2) is 30.3 Å². The molecule has 1 aromatic carbocycles. The van der Waals surface area contributed by atoms with Crippen molar-refractivity contribution in [2.75, 3.05) is 71.4 Å². The molecule has 5 nitrogen and oxygen atoms in total. The van der Waals surface area contributed by atoms with Gasteiger partial charge in [0.1, 0.15) is 0 Å². The lowest BCUT2D eigenvalue weighted by Crippen LogP contribution is -2.46. The average Bonchev–Trinajstić information content (AvgIpc) is 2.77. The van der Waals surface area contributed by atoms with Crippen LogP contribution in [-0.2, 0) is 0 Å². The number of fused-ring (bicyclic) bond motifs is 2. The molecule has 0 saturated carbocycles. The van der Waals surface area contributed by atoms with Gasteiger partial charge in [0.05, 0.1) is 33.9 Å². The number of nitrogens with zero attached hydrogens (tertiary/aromatic N) is 5. The molecule has 0 amide bonds. The molecule has 31 heavy (non-hydrogen) atoms. The van der Waals surface area contributed by atoms with Gasteiger partial charge in [-0.25, -0.2) is 9.56 Å². The first-order valence-electron chi connectivity index (χ1n) is 11.6. The van der Waals surface area contributed by atoms with Crippen LogP contribution in [0.1, 0.15) is 25.3 Å². The third-order valence-corrected chi connectivity index (χ3v) is 7.92. The van der Waals surface area contributed by atoms with Crippen molar-refractivity contribution in [1.82, 2.24) is 19.4 Å². The van der Waals surface area contributed by atoms with Gasteiger partial charge < -0.3 is 9.80 Å². The Morgan fingerprint density at radius 2 is 1.61 bits per heavy atom. The molecule has 6 heteroatoms. The highest BCUT2D eigenvalue weighted by molar-refractivity contribution is 7.21. The zero-order valence-electron chi connectivity index (χ0n) is 19.3. The number of piperazine rings is 2. The van der Waals surface area contributed by atoms with Crippen LogP contribution in [0.2, 0.25) is 0 Å². The van der Waals surface area contributed by atoms with E-state index in [4.69, 9.17) is 4.98 Å². The second-order valence-corrected chi connectivity index (χ2v) is 10.6. The van der Waals surface area contributed by atoms with E-state index in [9.17, 15) is 0 Å². The van der Waals surface area contributed by atoms with Gasteiger partial charge in [-0.2, -0.15) is 0 Å². The highest BCUT2D eigenvalue weighted by Gasteiger charge is 2.20. The summed E-state index contributed by atoms with van der Waals surface area (Å²) < 4.78 is 3.82. The van der Waals surface area contributed by atoms with Gasteiger partial charge in [0.2, 0.25) is 5.36 Å². The van der Waals surface area contributed by atoms with Crippen molar-refractivity contribution in [2.45, 2.75) is 19.8 Å². The molecule has 0 N–H and O–H groups in total. The Morgan fingerprint density at radius 3 is 2.32 bits per heavy atom. The summed E-state index contributed by atoms with van der Waals surface area (Å²) in [6, 6.07) is 11.6. The van der Waals surface area contributed by atoms with Crippen LogP contribution in [0.3, 0.4) is 0 Å². The number of anilines is 1. The second-order valence-electron chi connectivity index (χ2n) is 9.48. The van der Waals surface area contributed by atoms with E-state index in [-0.39, 0.29) is 0 Å². The van der Waals surface area contributed by atoms with Crippen molar-refractivity contribution >= 4 is 27.2 Å². The first-order valence-corrected chi connectivity index (χ1v) is 12.4. The molecule has 4 aliphatic rings. The number of aromatic nitrogens is 1. The quantitative estimate of drug-likeness (QED) is 0.456. The predicted octanol–water partition coefficient (Wildman–Crippen LogP) is 2.99. The minimum absolute atomic E-state index is 0.455. The molecule has 2 saturated heterocycles. The molecule has 2 fully saturated rings. The summed E-state index contributed by atoms with van der Waals surface area (Å²) in [4.78, 5) is 13.8. The van der Waals surface area contributed by atoms with Crippen molar-refractivity contribution in [3.05, 3.63) is 41.3 Å². The summed E-state index contributed by atoms with van der Waals surface area (Å²) in [5.74, 6) is 0.455. The molecular weight excluding hydrogens is 402 g/mol. The van der Waals surface area contributed by atoms with E-state index in [1.807, 2.05) is 11.3 Å². The number of hydrogen-bond donors (Lipinski definition) is 0. The molecule has 1 aromatic rings. The first kappa shape index (κ1) is 20.9. The fraction of sp³-hybridized carbons (Fsp3) is 0.520. The zero-order chi connectivity index (χ0) is 21.5. The summed E-state index contributed by atoms with van der Waals surface area (Å²) in [6.07, 6.45) is 0. The maximum absolute atomic E-state index is 5.15. The maximum Gasteiger partial charge on any atom is 0.201 e. The van der Waals surface area contributed by atoms with Crippen LogP contribution in [0.4, 0.5) is 5.69 Å². The number of hydrogen-bond acceptors (Lipinski definition) is 5. The lowest BCUT2D eigenvalue weighted by molar-refractivity contribution is 0.267. The molecule has 0 bridgehead atoms. The molecule has 5 rings (SSSR count). The van der Waals surface area contributed by atoms with E-state index in [2.05, 4.69) is 77.5 Å². The largest absolute Gasteiger partial charge is 0.369 e. The van der Waals surface area contributed by atoms with E-state index in [0.29, 0.717) is 5.92 Å². The summed E-state index contributed by atoms with van der Waals surface area (Å²) in [6.45, 7) is 13.5. The van der Waals surface area contributed by atoms with Crippen molar-refractivity contribution in [1.29, 1.82) is 0 Å². The third kappa shape index (κ3) is 4.21. The maximum atomic E-state index is 5.15. The molecule has 0 atom stereocenters. The van der Waals surface area contributed by atoms with Gasteiger partial charge in [-0.1, -0.05) is 13.8 Å².